The molecule has 7 nitrogen and oxygen atoms in total. The molecule has 0 fully saturated rings. The van der Waals surface area contributed by atoms with E-state index < -0.39 is 23.7 Å². The summed E-state index contributed by atoms with van der Waals surface area (Å²) in [4.78, 5) is 31.7. The Labute approximate surface area is 85.3 Å². The Kier molecular flexibility index (Phi) is 4.56. The number of ether oxygens (including phenoxy) is 1. The van der Waals surface area contributed by atoms with E-state index in [2.05, 4.69) is 4.74 Å². The molecule has 0 aliphatic heterocycles. The van der Waals surface area contributed by atoms with Crippen LogP contribution in [0.1, 0.15) is 26.2 Å². The molecule has 0 saturated heterocycles. The molecule has 0 atom stereocenters. The van der Waals surface area contributed by atoms with Crippen molar-refractivity contribution in [2.24, 2.45) is 0 Å². The smallest absolute Gasteiger partial charge is 0.478 e. The molecular formula is C8H12O7. The van der Waals surface area contributed by atoms with Crippen molar-refractivity contribution in [3.63, 3.8) is 0 Å². The van der Waals surface area contributed by atoms with Gasteiger partial charge in [-0.1, -0.05) is 13.3 Å². The van der Waals surface area contributed by atoms with Gasteiger partial charge in [0.1, 0.15) is 0 Å². The number of carboxylic acids is 2. The molecule has 0 aromatic carbocycles. The van der Waals surface area contributed by atoms with Gasteiger partial charge in [0.15, 0.2) is 0 Å². The van der Waals surface area contributed by atoms with Gasteiger partial charge in [-0.3, -0.25) is 0 Å². The van der Waals surface area contributed by atoms with Crippen molar-refractivity contribution in [2.45, 2.75) is 31.8 Å². The molecule has 0 aromatic heterocycles. The molecule has 0 aliphatic carbocycles. The second-order valence-electron chi connectivity index (χ2n) is 2.91. The van der Waals surface area contributed by atoms with E-state index in [1.807, 2.05) is 0 Å². The van der Waals surface area contributed by atoms with Crippen molar-refractivity contribution in [2.75, 3.05) is 0 Å². The molecule has 0 rings (SSSR count). The Balaban J connectivity index is 4.98. The third-order valence-electron chi connectivity index (χ3n) is 1.83. The molecule has 3 N–H and O–H groups in total. The van der Waals surface area contributed by atoms with Crippen LogP contribution in [0.3, 0.4) is 0 Å². The zero-order chi connectivity index (χ0) is 12.1. The molecule has 0 spiro atoms. The molecule has 0 bridgehead atoms. The third-order valence-corrected chi connectivity index (χ3v) is 1.83. The van der Waals surface area contributed by atoms with Crippen molar-refractivity contribution in [3.8, 4) is 0 Å². The Hall–Kier alpha value is -1.79. The van der Waals surface area contributed by atoms with Crippen molar-refractivity contribution in [3.05, 3.63) is 0 Å². The highest BCUT2D eigenvalue weighted by atomic mass is 16.7. The fraction of sp³-hybridized carbons (Fsp3) is 0.625. The monoisotopic (exact) mass is 220 g/mol. The van der Waals surface area contributed by atoms with Crippen LogP contribution in [0.2, 0.25) is 0 Å². The summed E-state index contributed by atoms with van der Waals surface area (Å²) in [5.74, 6) is -3.63. The van der Waals surface area contributed by atoms with Gasteiger partial charge in [0.25, 0.3) is 0 Å². The number of hydrogen-bond donors (Lipinski definition) is 3. The van der Waals surface area contributed by atoms with Gasteiger partial charge in [0.2, 0.25) is 0 Å². The van der Waals surface area contributed by atoms with Crippen LogP contribution in [0, 0.1) is 0 Å². The lowest BCUT2D eigenvalue weighted by Crippen LogP contribution is -2.50. The summed E-state index contributed by atoms with van der Waals surface area (Å²) in [7, 11) is 0. The van der Waals surface area contributed by atoms with Gasteiger partial charge in [-0.2, -0.15) is 0 Å². The van der Waals surface area contributed by atoms with Crippen molar-refractivity contribution >= 4 is 18.1 Å². The van der Waals surface area contributed by atoms with E-state index in [1.54, 1.807) is 6.92 Å². The Morgan fingerprint density at radius 3 is 1.87 bits per heavy atom. The highest BCUT2D eigenvalue weighted by Crippen LogP contribution is 2.21. The maximum atomic E-state index is 10.7. The van der Waals surface area contributed by atoms with Gasteiger partial charge in [-0.05, 0) is 6.42 Å². The Bertz CT molecular complexity index is 256. The van der Waals surface area contributed by atoms with Crippen LogP contribution in [0.5, 0.6) is 0 Å². The molecule has 7 heteroatoms. The number of hydrogen-bond acceptors (Lipinski definition) is 4. The van der Waals surface area contributed by atoms with Crippen LogP contribution in [0.4, 0.5) is 4.79 Å². The minimum atomic E-state index is -2.69. The van der Waals surface area contributed by atoms with Crippen molar-refractivity contribution in [1.82, 2.24) is 0 Å². The lowest BCUT2D eigenvalue weighted by atomic mass is 9.97. The summed E-state index contributed by atoms with van der Waals surface area (Å²) in [6.45, 7) is 1.72. The van der Waals surface area contributed by atoms with Crippen LogP contribution in [-0.4, -0.2) is 39.0 Å². The second-order valence-corrected chi connectivity index (χ2v) is 2.91. The van der Waals surface area contributed by atoms with Gasteiger partial charge < -0.3 is 20.1 Å². The minimum Gasteiger partial charge on any atom is -0.478 e. The number of carboxylic acid groups (broad SMARTS) is 3. The zero-order valence-corrected chi connectivity index (χ0v) is 8.10. The number of rotatable bonds is 6. The summed E-state index contributed by atoms with van der Waals surface area (Å²) >= 11 is 0. The second kappa shape index (κ2) is 5.18. The van der Waals surface area contributed by atoms with Crippen molar-refractivity contribution in [1.29, 1.82) is 0 Å². The average Bonchev–Trinajstić information content (AvgIpc) is 2.10. The van der Waals surface area contributed by atoms with Crippen LogP contribution >= 0.6 is 0 Å². The lowest BCUT2D eigenvalue weighted by Gasteiger charge is -2.22. The molecule has 86 valence electrons. The van der Waals surface area contributed by atoms with E-state index in [-0.39, 0.29) is 12.8 Å². The molecule has 0 radical (unpaired) electrons. The summed E-state index contributed by atoms with van der Waals surface area (Å²) in [5.41, 5.74) is -2.69. The van der Waals surface area contributed by atoms with E-state index >= 15 is 0 Å². The summed E-state index contributed by atoms with van der Waals surface area (Å²) in [6.07, 6.45) is -1.53. The van der Waals surface area contributed by atoms with Gasteiger partial charge >= 0.3 is 23.7 Å². The van der Waals surface area contributed by atoms with E-state index in [4.69, 9.17) is 15.3 Å². The zero-order valence-electron chi connectivity index (χ0n) is 8.10. The van der Waals surface area contributed by atoms with Gasteiger partial charge in [-0.15, -0.1) is 0 Å². The molecule has 0 unspecified atom stereocenters. The first kappa shape index (κ1) is 13.2. The summed E-state index contributed by atoms with van der Waals surface area (Å²) < 4.78 is 3.98. The standard InChI is InChI=1S/C8H12O7/c1-2-3-4-8(5(9)10,6(11)12)15-7(13)14/h2-4H2,1H3,(H,9,10)(H,11,12)(H,13,14). The molecule has 0 saturated carbocycles. The topological polar surface area (TPSA) is 121 Å². The molecule has 0 heterocycles. The van der Waals surface area contributed by atoms with Crippen molar-refractivity contribution < 1.29 is 34.4 Å². The average molecular weight is 220 g/mol. The number of unbranched alkanes of at least 4 members (excludes halogenated alkanes) is 1. The molecule has 0 aliphatic rings. The molecular weight excluding hydrogens is 208 g/mol. The van der Waals surface area contributed by atoms with Crippen LogP contribution < -0.4 is 0 Å². The predicted molar refractivity (Wildman–Crippen MR) is 46.6 cm³/mol. The van der Waals surface area contributed by atoms with Gasteiger partial charge in [0, 0.05) is 6.42 Å². The van der Waals surface area contributed by atoms with E-state index in [1.165, 1.54) is 0 Å². The third kappa shape index (κ3) is 3.12. The fourth-order valence-corrected chi connectivity index (χ4v) is 1.02. The Morgan fingerprint density at radius 2 is 1.60 bits per heavy atom. The maximum Gasteiger partial charge on any atom is 0.507 e. The first-order chi connectivity index (χ1) is 6.86. The minimum absolute atomic E-state index is 0.242. The van der Waals surface area contributed by atoms with Crippen LogP contribution in [0.15, 0.2) is 0 Å². The molecule has 0 aromatic rings. The lowest BCUT2D eigenvalue weighted by molar-refractivity contribution is -0.178. The Morgan fingerprint density at radius 1 is 1.13 bits per heavy atom. The molecule has 0 amide bonds. The number of carbonyl (C=O) groups is 3. The summed E-state index contributed by atoms with van der Waals surface area (Å²) in [6, 6.07) is 0. The van der Waals surface area contributed by atoms with E-state index in [0.717, 1.165) is 0 Å². The fourth-order valence-electron chi connectivity index (χ4n) is 1.02. The van der Waals surface area contributed by atoms with Crippen LogP contribution in [-0.2, 0) is 14.3 Å². The SMILES string of the molecule is CCCCC(OC(=O)O)(C(=O)O)C(=O)O. The quantitative estimate of drug-likeness (QED) is 0.446. The first-order valence-electron chi connectivity index (χ1n) is 4.25. The predicted octanol–water partition coefficient (Wildman–Crippen LogP) is 0.779. The maximum absolute atomic E-state index is 10.7. The number of aliphatic carboxylic acids is 2. The van der Waals surface area contributed by atoms with Gasteiger partial charge in [-0.25, -0.2) is 14.4 Å². The summed E-state index contributed by atoms with van der Waals surface area (Å²) in [5, 5.41) is 25.7. The molecule has 15 heavy (non-hydrogen) atoms. The largest absolute Gasteiger partial charge is 0.507 e. The highest BCUT2D eigenvalue weighted by Gasteiger charge is 2.50. The first-order valence-corrected chi connectivity index (χ1v) is 4.25. The highest BCUT2D eigenvalue weighted by molar-refractivity contribution is 6.03. The van der Waals surface area contributed by atoms with E-state index in [9.17, 15) is 14.4 Å². The van der Waals surface area contributed by atoms with Gasteiger partial charge in [0.05, 0.1) is 0 Å². The normalized spacial score (nSPS) is 10.7. The van der Waals surface area contributed by atoms with E-state index in [0.29, 0.717) is 6.42 Å². The van der Waals surface area contributed by atoms with Crippen LogP contribution in [0.25, 0.3) is 0 Å².